The Kier molecular flexibility index (Phi) is 4.68. The van der Waals surface area contributed by atoms with Crippen molar-refractivity contribution in [2.24, 2.45) is 11.8 Å². The second-order valence-electron chi connectivity index (χ2n) is 6.69. The minimum Gasteiger partial charge on any atom is -0.338 e. The maximum absolute atomic E-state index is 12.8. The Balaban J connectivity index is 1.56. The van der Waals surface area contributed by atoms with Gasteiger partial charge in [-0.25, -0.2) is 4.98 Å². The predicted octanol–water partition coefficient (Wildman–Crippen LogP) is 2.80. The Bertz CT molecular complexity index is 857. The molecule has 2 aliphatic heterocycles. The number of carbonyl (C=O) groups is 1. The van der Waals surface area contributed by atoms with Crippen molar-refractivity contribution in [1.82, 2.24) is 15.2 Å². The van der Waals surface area contributed by atoms with Crippen LogP contribution in [0.4, 0.5) is 5.69 Å². The van der Waals surface area contributed by atoms with Crippen LogP contribution in [-0.2, 0) is 0 Å². The van der Waals surface area contributed by atoms with E-state index in [4.69, 9.17) is 0 Å². The van der Waals surface area contributed by atoms with Gasteiger partial charge in [-0.1, -0.05) is 11.8 Å². The largest absolute Gasteiger partial charge is 0.338 e. The topological polar surface area (TPSA) is 88.4 Å². The van der Waals surface area contributed by atoms with Crippen molar-refractivity contribution in [3.63, 3.8) is 0 Å². The zero-order valence-corrected chi connectivity index (χ0v) is 15.8. The van der Waals surface area contributed by atoms with Gasteiger partial charge in [-0.05, 0) is 30.9 Å². The van der Waals surface area contributed by atoms with Crippen LogP contribution in [0.15, 0.2) is 32.8 Å². The fourth-order valence-corrected chi connectivity index (χ4v) is 5.44. The summed E-state index contributed by atoms with van der Waals surface area (Å²) >= 11 is 2.72. The molecule has 1 amide bonds. The molecule has 2 aliphatic rings. The minimum atomic E-state index is -0.428. The monoisotopic (exact) mass is 390 g/mol. The molecule has 7 nitrogen and oxygen atoms in total. The van der Waals surface area contributed by atoms with Crippen molar-refractivity contribution in [2.75, 3.05) is 26.2 Å². The molecular weight excluding hydrogens is 372 g/mol. The van der Waals surface area contributed by atoms with Gasteiger partial charge >= 0.3 is 0 Å². The Morgan fingerprint density at radius 3 is 2.73 bits per heavy atom. The molecule has 1 N–H and O–H groups in total. The molecule has 1 aromatic heterocycles. The molecule has 0 radical (unpaired) electrons. The summed E-state index contributed by atoms with van der Waals surface area (Å²) in [6, 6.07) is 4.74. The molecule has 2 fully saturated rings. The molecule has 26 heavy (non-hydrogen) atoms. The lowest BCUT2D eigenvalue weighted by Gasteiger charge is -2.17. The van der Waals surface area contributed by atoms with Gasteiger partial charge in [0.05, 0.1) is 9.82 Å². The quantitative estimate of drug-likeness (QED) is 0.638. The predicted molar refractivity (Wildman–Crippen MR) is 99.8 cm³/mol. The molecule has 1 aromatic carbocycles. The lowest BCUT2D eigenvalue weighted by molar-refractivity contribution is -0.387. The number of fused-ring (bicyclic) bond motifs is 1. The van der Waals surface area contributed by atoms with Crippen molar-refractivity contribution >= 4 is 34.7 Å². The minimum absolute atomic E-state index is 0.0465. The number of nitrogens with one attached hydrogen (secondary N) is 1. The molecular formula is C17H18N4O3S2. The van der Waals surface area contributed by atoms with Gasteiger partial charge in [-0.3, -0.25) is 14.9 Å². The molecule has 2 atom stereocenters. The molecule has 9 heteroatoms. The highest BCUT2D eigenvalue weighted by molar-refractivity contribution is 8.01. The number of amides is 1. The molecule has 4 rings (SSSR count). The van der Waals surface area contributed by atoms with Crippen molar-refractivity contribution in [3.8, 4) is 0 Å². The van der Waals surface area contributed by atoms with Gasteiger partial charge in [0.2, 0.25) is 0 Å². The van der Waals surface area contributed by atoms with Crippen LogP contribution in [0.3, 0.4) is 0 Å². The first-order chi connectivity index (χ1) is 12.5. The number of nitrogens with zero attached hydrogens (tertiary/aromatic N) is 3. The van der Waals surface area contributed by atoms with Crippen molar-refractivity contribution < 1.29 is 9.72 Å². The molecule has 2 aromatic rings. The Morgan fingerprint density at radius 1 is 1.38 bits per heavy atom. The average Bonchev–Trinajstić information content (AvgIpc) is 3.30. The number of nitro benzene ring substituents is 1. The van der Waals surface area contributed by atoms with E-state index in [2.05, 4.69) is 10.3 Å². The van der Waals surface area contributed by atoms with Crippen LogP contribution in [0.5, 0.6) is 0 Å². The van der Waals surface area contributed by atoms with Crippen LogP contribution in [0, 0.1) is 28.9 Å². The number of hydrogen-bond donors (Lipinski definition) is 1. The summed E-state index contributed by atoms with van der Waals surface area (Å²) in [4.78, 5) is 30.5. The van der Waals surface area contributed by atoms with Crippen LogP contribution < -0.4 is 5.32 Å². The van der Waals surface area contributed by atoms with E-state index in [-0.39, 0.29) is 11.6 Å². The van der Waals surface area contributed by atoms with Crippen molar-refractivity contribution in [3.05, 3.63) is 45.0 Å². The second kappa shape index (κ2) is 6.98. The van der Waals surface area contributed by atoms with Crippen molar-refractivity contribution in [1.29, 1.82) is 0 Å². The van der Waals surface area contributed by atoms with Crippen LogP contribution in [0.1, 0.15) is 16.1 Å². The maximum atomic E-state index is 12.8. The third-order valence-corrected chi connectivity index (χ3v) is 7.00. The van der Waals surface area contributed by atoms with Gasteiger partial charge in [-0.2, -0.15) is 0 Å². The van der Waals surface area contributed by atoms with Gasteiger partial charge in [0, 0.05) is 48.9 Å². The zero-order valence-electron chi connectivity index (χ0n) is 14.2. The maximum Gasteiger partial charge on any atom is 0.284 e. The van der Waals surface area contributed by atoms with Crippen LogP contribution >= 0.6 is 23.1 Å². The van der Waals surface area contributed by atoms with Gasteiger partial charge in [0.1, 0.15) is 0 Å². The third kappa shape index (κ3) is 3.34. The van der Waals surface area contributed by atoms with Gasteiger partial charge in [0.15, 0.2) is 4.34 Å². The third-order valence-electron chi connectivity index (χ3n) is 4.87. The number of carbonyl (C=O) groups excluding carboxylic acids is 1. The fourth-order valence-electron chi connectivity index (χ4n) is 3.56. The summed E-state index contributed by atoms with van der Waals surface area (Å²) in [5.74, 6) is 0.873. The molecule has 0 spiro atoms. The zero-order chi connectivity index (χ0) is 18.3. The van der Waals surface area contributed by atoms with E-state index in [0.29, 0.717) is 22.3 Å². The van der Waals surface area contributed by atoms with E-state index in [1.807, 2.05) is 17.2 Å². The molecule has 3 heterocycles. The first-order valence-corrected chi connectivity index (χ1v) is 10.1. The standard InChI is InChI=1S/C17H18N4O3S2/c1-10-9-25-17(19-10)26-15-3-2-11(4-14(15)21(23)24)16(22)20-7-12-5-18-6-13(12)8-20/h2-4,9,12-13,18H,5-8H2,1H3/t12-,13+. The van der Waals surface area contributed by atoms with E-state index in [1.54, 1.807) is 12.1 Å². The fraction of sp³-hybridized carbons (Fsp3) is 0.412. The smallest absolute Gasteiger partial charge is 0.284 e. The average molecular weight is 390 g/mol. The normalized spacial score (nSPS) is 21.8. The molecule has 136 valence electrons. The van der Waals surface area contributed by atoms with Crippen LogP contribution in [0.25, 0.3) is 0 Å². The van der Waals surface area contributed by atoms with E-state index in [9.17, 15) is 14.9 Å². The number of hydrogen-bond acceptors (Lipinski definition) is 7. The lowest BCUT2D eigenvalue weighted by Crippen LogP contribution is -2.31. The van der Waals surface area contributed by atoms with Gasteiger partial charge < -0.3 is 10.2 Å². The van der Waals surface area contributed by atoms with Gasteiger partial charge in [-0.15, -0.1) is 11.3 Å². The highest BCUT2D eigenvalue weighted by Crippen LogP contribution is 2.37. The Labute approximate surface area is 159 Å². The summed E-state index contributed by atoms with van der Waals surface area (Å²) < 4.78 is 0.754. The first-order valence-electron chi connectivity index (χ1n) is 8.39. The second-order valence-corrected chi connectivity index (χ2v) is 8.83. The van der Waals surface area contributed by atoms with Gasteiger partial charge in [0.25, 0.3) is 11.6 Å². The molecule has 0 bridgehead atoms. The summed E-state index contributed by atoms with van der Waals surface area (Å²) in [5.41, 5.74) is 1.22. The van der Waals surface area contributed by atoms with E-state index >= 15 is 0 Å². The number of aryl methyl sites for hydroxylation is 1. The highest BCUT2D eigenvalue weighted by Gasteiger charge is 2.38. The van der Waals surface area contributed by atoms with E-state index in [0.717, 1.165) is 36.2 Å². The summed E-state index contributed by atoms with van der Waals surface area (Å²) in [7, 11) is 0. The summed E-state index contributed by atoms with van der Waals surface area (Å²) in [6.07, 6.45) is 0. The number of benzene rings is 1. The SMILES string of the molecule is Cc1csc(Sc2ccc(C(=O)N3C[C@H]4CNC[C@H]4C3)cc2[N+](=O)[O-])n1. The van der Waals surface area contributed by atoms with Crippen LogP contribution in [0.2, 0.25) is 0 Å². The van der Waals surface area contributed by atoms with E-state index in [1.165, 1.54) is 29.2 Å². The first kappa shape index (κ1) is 17.4. The lowest BCUT2D eigenvalue weighted by atomic mass is 10.0. The van der Waals surface area contributed by atoms with E-state index < -0.39 is 4.92 Å². The van der Waals surface area contributed by atoms with Crippen molar-refractivity contribution in [2.45, 2.75) is 16.2 Å². The number of rotatable bonds is 4. The molecule has 2 saturated heterocycles. The van der Waals surface area contributed by atoms with Crippen LogP contribution in [-0.4, -0.2) is 46.9 Å². The molecule has 0 saturated carbocycles. The number of likely N-dealkylation sites (tertiary alicyclic amines) is 1. The Hall–Kier alpha value is -1.97. The molecule has 0 unspecified atom stereocenters. The number of nitro groups is 1. The highest BCUT2D eigenvalue weighted by atomic mass is 32.2. The number of aromatic nitrogens is 1. The Morgan fingerprint density at radius 2 is 2.12 bits per heavy atom. The summed E-state index contributed by atoms with van der Waals surface area (Å²) in [6.45, 7) is 5.21. The summed E-state index contributed by atoms with van der Waals surface area (Å²) in [5, 5.41) is 16.8. The number of thiazole rings is 1. The molecule has 0 aliphatic carbocycles.